The summed E-state index contributed by atoms with van der Waals surface area (Å²) in [4.78, 5) is 15.9. The van der Waals surface area contributed by atoms with Crippen LogP contribution in [0.2, 0.25) is 0 Å². The molecular weight excluding hydrogens is 428 g/mol. The molecule has 0 spiro atoms. The van der Waals surface area contributed by atoms with Gasteiger partial charge in [0.1, 0.15) is 24.9 Å². The molecule has 166 valence electrons. The van der Waals surface area contributed by atoms with Crippen molar-refractivity contribution in [2.24, 2.45) is 11.8 Å². The number of nitrogens with zero attached hydrogens (tertiary/aromatic N) is 1. The Labute approximate surface area is 180 Å². The van der Waals surface area contributed by atoms with Gasteiger partial charge in [0.15, 0.2) is 0 Å². The Bertz CT molecular complexity index is 1060. The average Bonchev–Trinajstić information content (AvgIpc) is 3.10. The summed E-state index contributed by atoms with van der Waals surface area (Å²) in [5.41, 5.74) is 5.85. The van der Waals surface area contributed by atoms with Crippen molar-refractivity contribution in [2.75, 3.05) is 20.2 Å². The van der Waals surface area contributed by atoms with Crippen LogP contribution >= 0.6 is 0 Å². The lowest BCUT2D eigenvalue weighted by Crippen LogP contribution is -2.68. The summed E-state index contributed by atoms with van der Waals surface area (Å²) in [6, 6.07) is 8.51. The number of para-hydroxylation sites is 1. The van der Waals surface area contributed by atoms with E-state index in [1.54, 1.807) is 6.26 Å². The number of H-pyrrole nitrogens is 1. The van der Waals surface area contributed by atoms with Gasteiger partial charge in [-0.3, -0.25) is 0 Å². The average molecular weight is 451 g/mol. The van der Waals surface area contributed by atoms with Gasteiger partial charge >= 0.3 is 5.97 Å². The smallest absolute Gasteiger partial charge is 0.337 e. The highest BCUT2D eigenvalue weighted by molar-refractivity contribution is 6.04. The van der Waals surface area contributed by atoms with Gasteiger partial charge in [-0.05, 0) is 18.6 Å². The van der Waals surface area contributed by atoms with Crippen LogP contribution in [0.4, 0.5) is 0 Å². The molecule has 3 aliphatic heterocycles. The maximum Gasteiger partial charge on any atom is 0.337 e. The second-order valence-electron chi connectivity index (χ2n) is 7.93. The number of nitrogens with one attached hydrogen (secondary N) is 1. The van der Waals surface area contributed by atoms with Crippen molar-refractivity contribution >= 4 is 22.6 Å². The van der Waals surface area contributed by atoms with E-state index < -0.39 is 10.2 Å². The van der Waals surface area contributed by atoms with E-state index in [1.807, 2.05) is 0 Å². The molecule has 5 rings (SSSR count). The van der Waals surface area contributed by atoms with E-state index in [4.69, 9.17) is 28.1 Å². The Balaban J connectivity index is 0.000000418. The van der Waals surface area contributed by atoms with Crippen molar-refractivity contribution in [3.63, 3.8) is 0 Å². The minimum atomic E-state index is -4.94. The van der Waals surface area contributed by atoms with E-state index in [2.05, 4.69) is 40.7 Å². The first-order valence-electron chi connectivity index (χ1n) is 9.93. The zero-order valence-electron chi connectivity index (χ0n) is 17.1. The third kappa shape index (κ3) is 4.32. The van der Waals surface area contributed by atoms with Crippen LogP contribution in [-0.2, 0) is 20.7 Å². The highest BCUT2D eigenvalue weighted by Gasteiger charge is 2.47. The summed E-state index contributed by atoms with van der Waals surface area (Å²) in [6.45, 7) is 4.05. The Morgan fingerprint density at radius 2 is 1.97 bits per heavy atom. The Kier molecular flexibility index (Phi) is 5.80. The van der Waals surface area contributed by atoms with Gasteiger partial charge in [-0.1, -0.05) is 18.2 Å². The summed E-state index contributed by atoms with van der Waals surface area (Å²) in [5.74, 6) is 0.187. The fourth-order valence-corrected chi connectivity index (χ4v) is 4.92. The molecule has 4 heterocycles. The molecule has 0 aliphatic carbocycles. The second kappa shape index (κ2) is 8.25. The van der Waals surface area contributed by atoms with E-state index in [-0.39, 0.29) is 18.0 Å². The van der Waals surface area contributed by atoms with E-state index in [0.29, 0.717) is 11.5 Å². The largest absolute Gasteiger partial charge is 0.497 e. The molecule has 1 N–H and O–H groups in total. The number of aromatic nitrogens is 1. The molecule has 0 saturated heterocycles. The monoisotopic (exact) mass is 450 g/mol. The molecule has 10 heteroatoms. The van der Waals surface area contributed by atoms with Gasteiger partial charge < -0.3 is 14.5 Å². The molecule has 0 amide bonds. The summed E-state index contributed by atoms with van der Waals surface area (Å²) in [5, 5.41) is 1.32. The van der Waals surface area contributed by atoms with E-state index in [1.165, 1.54) is 35.0 Å². The minimum Gasteiger partial charge on any atom is -0.497 e. The number of fused-ring (bicyclic) bond motifs is 5. The summed E-state index contributed by atoms with van der Waals surface area (Å²) in [7, 11) is -3.51. The standard InChI is InChI=1S/C21H22N2O3.ClHO4/c1-12-16-10-23-8-7-14-13-5-3-4-6-18(13)22-20(14)19(23)9-15(16)17(11-26-12)21(24)25-2;2-1(3,4)5/h3-6,11-12,15-16H,7-10H2,1-2H3;(H,2,3,4,5)/t12-,15-,16-;/m0./s1. The minimum absolute atomic E-state index is 0.110. The number of methoxy groups -OCH3 is 1. The van der Waals surface area contributed by atoms with Crippen molar-refractivity contribution in [1.82, 2.24) is 4.98 Å². The number of carbonyl (C=O) groups excluding carboxylic acids is 1. The third-order valence-corrected chi connectivity index (χ3v) is 6.31. The molecule has 2 aromatic rings. The third-order valence-electron chi connectivity index (χ3n) is 6.31. The van der Waals surface area contributed by atoms with E-state index in [9.17, 15) is 4.79 Å². The van der Waals surface area contributed by atoms with Gasteiger partial charge in [-0.2, -0.15) is 0 Å². The number of benzene rings is 1. The number of hydrogen-bond acceptors (Lipinski definition) is 7. The molecule has 0 saturated carbocycles. The van der Waals surface area contributed by atoms with Gasteiger partial charge in [0.25, 0.3) is 0 Å². The van der Waals surface area contributed by atoms with Crippen LogP contribution in [0.15, 0.2) is 36.1 Å². The lowest BCUT2D eigenvalue weighted by atomic mass is 9.74. The van der Waals surface area contributed by atoms with Gasteiger partial charge in [0.2, 0.25) is 5.71 Å². The molecule has 1 aromatic carbocycles. The van der Waals surface area contributed by atoms with Crippen LogP contribution in [0.5, 0.6) is 0 Å². The van der Waals surface area contributed by atoms with Crippen LogP contribution < -0.4 is 18.6 Å². The Hall–Kier alpha value is -2.43. The topological polar surface area (TPSA) is 147 Å². The predicted molar refractivity (Wildman–Crippen MR) is 98.3 cm³/mol. The van der Waals surface area contributed by atoms with Gasteiger partial charge in [-0.25, -0.2) is 28.0 Å². The summed E-state index contributed by atoms with van der Waals surface area (Å²) < 4.78 is 47.2. The highest BCUT2D eigenvalue weighted by atomic mass is 35.7. The fraction of sp³-hybridized carbons (Fsp3) is 0.429. The molecule has 0 bridgehead atoms. The van der Waals surface area contributed by atoms with Crippen molar-refractivity contribution in [2.45, 2.75) is 25.9 Å². The Morgan fingerprint density at radius 3 is 2.68 bits per heavy atom. The second-order valence-corrected chi connectivity index (χ2v) is 8.68. The van der Waals surface area contributed by atoms with Gasteiger partial charge in [-0.15, -0.1) is 10.2 Å². The molecule has 0 unspecified atom stereocenters. The quantitative estimate of drug-likeness (QED) is 0.386. The predicted octanol–water partition coefficient (Wildman–Crippen LogP) is -2.12. The maximum atomic E-state index is 12.3. The molecular formula is C21H23ClN2O7. The molecule has 9 nitrogen and oxygen atoms in total. The van der Waals surface area contributed by atoms with E-state index >= 15 is 0 Å². The van der Waals surface area contributed by atoms with Crippen LogP contribution in [0.25, 0.3) is 10.9 Å². The molecule has 1 aromatic heterocycles. The number of esters is 1. The Morgan fingerprint density at radius 1 is 1.26 bits per heavy atom. The molecule has 31 heavy (non-hydrogen) atoms. The van der Waals surface area contributed by atoms with Crippen molar-refractivity contribution in [1.29, 1.82) is 0 Å². The first kappa shape index (κ1) is 21.8. The number of ether oxygens (including phenoxy) is 2. The maximum absolute atomic E-state index is 12.3. The highest BCUT2D eigenvalue weighted by Crippen LogP contribution is 2.39. The zero-order chi connectivity index (χ0) is 22.3. The normalized spacial score (nSPS) is 24.7. The number of carbonyl (C=O) groups is 1. The van der Waals surface area contributed by atoms with Crippen LogP contribution in [0.1, 0.15) is 24.6 Å². The first-order chi connectivity index (χ1) is 14.7. The lowest BCUT2D eigenvalue weighted by molar-refractivity contribution is -2.00. The van der Waals surface area contributed by atoms with Crippen LogP contribution in [0.3, 0.4) is 0 Å². The molecule has 0 fully saturated rings. The first-order valence-corrected chi connectivity index (χ1v) is 11.2. The van der Waals surface area contributed by atoms with Gasteiger partial charge in [0.05, 0.1) is 24.9 Å². The van der Waals surface area contributed by atoms with Crippen molar-refractivity contribution < 1.29 is 47.7 Å². The van der Waals surface area contributed by atoms with Gasteiger partial charge in [0, 0.05) is 29.7 Å². The number of halogens is 1. The van der Waals surface area contributed by atoms with Crippen molar-refractivity contribution in [3.05, 3.63) is 47.4 Å². The van der Waals surface area contributed by atoms with Crippen molar-refractivity contribution in [3.8, 4) is 0 Å². The molecule has 3 aliphatic rings. The molecule has 0 radical (unpaired) electrons. The SMILES string of the molecule is COC(=O)C1=CO[C@@H](C)[C@@H]2C[N+]3=C(C[C@H]12)c1[nH]c2ccccc2c1CC3.[O-][Cl+3]([O-])([O-])[O-]. The van der Waals surface area contributed by atoms with E-state index in [0.717, 1.165) is 25.9 Å². The summed E-state index contributed by atoms with van der Waals surface area (Å²) >= 11 is 0. The number of hydrogen-bond donors (Lipinski definition) is 1. The number of rotatable bonds is 1. The van der Waals surface area contributed by atoms with Crippen LogP contribution in [-0.4, -0.2) is 47.5 Å². The zero-order valence-corrected chi connectivity index (χ0v) is 17.9. The van der Waals surface area contributed by atoms with Crippen LogP contribution in [0, 0.1) is 22.1 Å². The lowest BCUT2D eigenvalue weighted by Gasteiger charge is -2.38. The summed E-state index contributed by atoms with van der Waals surface area (Å²) in [6.07, 6.45) is 3.64. The molecule has 3 atom stereocenters. The number of aromatic amines is 1. The fourth-order valence-electron chi connectivity index (χ4n) is 4.92.